The van der Waals surface area contributed by atoms with Gasteiger partial charge in [0, 0.05) is 19.4 Å². The molecule has 0 spiro atoms. The fourth-order valence-electron chi connectivity index (χ4n) is 2.55. The summed E-state index contributed by atoms with van der Waals surface area (Å²) in [6, 6.07) is 6.27. The van der Waals surface area contributed by atoms with Crippen LogP contribution in [0.1, 0.15) is 31.3 Å². The summed E-state index contributed by atoms with van der Waals surface area (Å²) >= 11 is 0. The van der Waals surface area contributed by atoms with Gasteiger partial charge in [0.05, 0.1) is 19.7 Å². The molecule has 0 saturated carbocycles. The lowest BCUT2D eigenvalue weighted by Crippen LogP contribution is -2.47. The van der Waals surface area contributed by atoms with Gasteiger partial charge in [-0.25, -0.2) is 4.98 Å². The molecule has 4 N–H and O–H groups in total. The van der Waals surface area contributed by atoms with E-state index in [9.17, 15) is 9.59 Å². The summed E-state index contributed by atoms with van der Waals surface area (Å²) in [4.78, 5) is 28.7. The largest absolute Gasteiger partial charge is 0.497 e. The summed E-state index contributed by atoms with van der Waals surface area (Å²) in [5.74, 6) is 0.714. The molecule has 0 aliphatic heterocycles. The number of carbonyl (C=O) groups is 2. The number of nitrogens with zero attached hydrogens (tertiary/aromatic N) is 2. The van der Waals surface area contributed by atoms with Gasteiger partial charge in [0.15, 0.2) is 0 Å². The molecule has 0 radical (unpaired) electrons. The van der Waals surface area contributed by atoms with E-state index < -0.39 is 12.1 Å². The van der Waals surface area contributed by atoms with Gasteiger partial charge in [-0.2, -0.15) is 0 Å². The van der Waals surface area contributed by atoms with Crippen molar-refractivity contribution in [3.05, 3.63) is 48.0 Å². The van der Waals surface area contributed by atoms with Crippen molar-refractivity contribution in [3.63, 3.8) is 0 Å². The minimum atomic E-state index is -0.648. The lowest BCUT2D eigenvalue weighted by molar-refractivity contribution is -0.127. The van der Waals surface area contributed by atoms with Crippen molar-refractivity contribution in [1.82, 2.24) is 20.2 Å². The van der Waals surface area contributed by atoms with E-state index in [0.29, 0.717) is 5.82 Å². The molecule has 0 bridgehead atoms. The third-order valence-corrected chi connectivity index (χ3v) is 4.32. The second-order valence-corrected chi connectivity index (χ2v) is 6.66. The zero-order valence-electron chi connectivity index (χ0n) is 16.1. The monoisotopic (exact) mass is 373 g/mol. The van der Waals surface area contributed by atoms with E-state index >= 15 is 0 Å². The molecule has 2 aromatic rings. The molecule has 8 nitrogen and oxygen atoms in total. The summed E-state index contributed by atoms with van der Waals surface area (Å²) in [7, 11) is 3.45. The quantitative estimate of drug-likeness (QED) is 0.632. The van der Waals surface area contributed by atoms with Crippen molar-refractivity contribution in [2.75, 3.05) is 13.7 Å². The minimum Gasteiger partial charge on any atom is -0.497 e. The minimum absolute atomic E-state index is 0.00678. The second kappa shape index (κ2) is 9.18. The Morgan fingerprint density at radius 2 is 1.93 bits per heavy atom. The van der Waals surface area contributed by atoms with Crippen LogP contribution in [0.25, 0.3) is 0 Å². The molecule has 8 heteroatoms. The number of aromatic nitrogens is 2. The van der Waals surface area contributed by atoms with Gasteiger partial charge in [-0.15, -0.1) is 0 Å². The van der Waals surface area contributed by atoms with Crippen LogP contribution in [-0.4, -0.2) is 41.1 Å². The normalized spacial score (nSPS) is 13.1. The molecule has 2 atom stereocenters. The van der Waals surface area contributed by atoms with E-state index in [-0.39, 0.29) is 24.3 Å². The lowest BCUT2D eigenvalue weighted by atomic mass is 10.0. The molecule has 146 valence electrons. The highest BCUT2D eigenvalue weighted by molar-refractivity contribution is 5.87. The highest BCUT2D eigenvalue weighted by Crippen LogP contribution is 2.22. The van der Waals surface area contributed by atoms with Crippen LogP contribution in [-0.2, 0) is 16.6 Å². The van der Waals surface area contributed by atoms with Crippen molar-refractivity contribution in [3.8, 4) is 5.75 Å². The van der Waals surface area contributed by atoms with Gasteiger partial charge >= 0.3 is 0 Å². The number of nitrogens with two attached hydrogens (primary N) is 1. The Morgan fingerprint density at radius 1 is 1.26 bits per heavy atom. The number of hydrogen-bond acceptors (Lipinski definition) is 5. The number of amides is 2. The molecular weight excluding hydrogens is 346 g/mol. The zero-order valence-corrected chi connectivity index (χ0v) is 16.1. The summed E-state index contributed by atoms with van der Waals surface area (Å²) in [6.07, 6.45) is 3.48. The first kappa shape index (κ1) is 20.4. The molecule has 0 aliphatic carbocycles. The van der Waals surface area contributed by atoms with Gasteiger partial charge in [-0.1, -0.05) is 26.0 Å². The van der Waals surface area contributed by atoms with Gasteiger partial charge in [-0.3, -0.25) is 9.59 Å². The van der Waals surface area contributed by atoms with Crippen LogP contribution >= 0.6 is 0 Å². The molecular formula is C19H27N5O3. The maximum atomic E-state index is 12.4. The van der Waals surface area contributed by atoms with Crippen LogP contribution in [0.5, 0.6) is 5.75 Å². The number of benzene rings is 1. The number of rotatable bonds is 8. The molecule has 27 heavy (non-hydrogen) atoms. The highest BCUT2D eigenvalue weighted by Gasteiger charge is 2.22. The molecule has 1 aromatic heterocycles. The Morgan fingerprint density at radius 3 is 2.44 bits per heavy atom. The molecule has 0 fully saturated rings. The van der Waals surface area contributed by atoms with E-state index in [1.807, 2.05) is 49.7 Å². The summed E-state index contributed by atoms with van der Waals surface area (Å²) in [6.45, 7) is 3.55. The Bertz CT molecular complexity index is 770. The predicted molar refractivity (Wildman–Crippen MR) is 102 cm³/mol. The van der Waals surface area contributed by atoms with Crippen molar-refractivity contribution >= 4 is 11.8 Å². The molecule has 1 heterocycles. The number of imidazole rings is 1. The smallest absolute Gasteiger partial charge is 0.240 e. The molecule has 0 aliphatic rings. The van der Waals surface area contributed by atoms with Crippen molar-refractivity contribution in [1.29, 1.82) is 0 Å². The molecule has 2 amide bonds. The lowest BCUT2D eigenvalue weighted by Gasteiger charge is -2.20. The first-order chi connectivity index (χ1) is 12.8. The van der Waals surface area contributed by atoms with Crippen LogP contribution in [0.4, 0.5) is 0 Å². The average Bonchev–Trinajstić information content (AvgIpc) is 3.09. The Balaban J connectivity index is 2.11. The third kappa shape index (κ3) is 5.30. The number of hydrogen-bond donors (Lipinski definition) is 3. The Labute approximate surface area is 159 Å². The number of carbonyl (C=O) groups excluding carboxylic acids is 2. The molecule has 2 rings (SSSR count). The Kier molecular flexibility index (Phi) is 6.95. The van der Waals surface area contributed by atoms with E-state index in [4.69, 9.17) is 10.5 Å². The number of methoxy groups -OCH3 is 1. The van der Waals surface area contributed by atoms with Crippen molar-refractivity contribution in [2.24, 2.45) is 18.7 Å². The predicted octanol–water partition coefficient (Wildman–Crippen LogP) is 0.734. The van der Waals surface area contributed by atoms with Gasteiger partial charge < -0.3 is 25.7 Å². The van der Waals surface area contributed by atoms with Gasteiger partial charge in [0.25, 0.3) is 0 Å². The number of ether oxygens (including phenoxy) is 1. The van der Waals surface area contributed by atoms with Gasteiger partial charge in [-0.05, 0) is 23.6 Å². The average molecular weight is 373 g/mol. The highest BCUT2D eigenvalue weighted by atomic mass is 16.5. The van der Waals surface area contributed by atoms with Crippen molar-refractivity contribution < 1.29 is 14.3 Å². The van der Waals surface area contributed by atoms with E-state index in [0.717, 1.165) is 11.3 Å². The first-order valence-corrected chi connectivity index (χ1v) is 8.77. The number of nitrogens with one attached hydrogen (secondary N) is 2. The summed E-state index contributed by atoms with van der Waals surface area (Å²) < 4.78 is 7.02. The maximum absolute atomic E-state index is 12.4. The molecule has 1 unspecified atom stereocenters. The maximum Gasteiger partial charge on any atom is 0.240 e. The summed E-state index contributed by atoms with van der Waals surface area (Å²) in [5.41, 5.74) is 6.64. The first-order valence-electron chi connectivity index (χ1n) is 8.77. The van der Waals surface area contributed by atoms with E-state index in [1.54, 1.807) is 19.5 Å². The van der Waals surface area contributed by atoms with E-state index in [2.05, 4.69) is 15.6 Å². The topological polar surface area (TPSA) is 111 Å². The third-order valence-electron chi connectivity index (χ3n) is 4.32. The molecule has 1 aromatic carbocycles. The molecule has 0 saturated heterocycles. The van der Waals surface area contributed by atoms with Crippen LogP contribution in [0.15, 0.2) is 36.7 Å². The summed E-state index contributed by atoms with van der Waals surface area (Å²) in [5, 5.41) is 5.49. The zero-order chi connectivity index (χ0) is 20.0. The second-order valence-electron chi connectivity index (χ2n) is 6.66. The number of aryl methyl sites for hydroxylation is 1. The standard InChI is InChI=1S/C19H27N5O3/c1-12(2)16(20)19(26)22-11-15(25)23-17(18-21-9-10-24(18)3)13-5-7-14(27-4)8-6-13/h5-10,12,16-17H,11,20H2,1-4H3,(H,22,26)(H,23,25)/t16-,17?/m0/s1. The Hall–Kier alpha value is -2.87. The van der Waals surface area contributed by atoms with Crippen LogP contribution < -0.4 is 21.1 Å². The fourth-order valence-corrected chi connectivity index (χ4v) is 2.55. The van der Waals surface area contributed by atoms with Crippen LogP contribution in [0.2, 0.25) is 0 Å². The van der Waals surface area contributed by atoms with Gasteiger partial charge in [0.1, 0.15) is 17.6 Å². The van der Waals surface area contributed by atoms with E-state index in [1.165, 1.54) is 0 Å². The van der Waals surface area contributed by atoms with Crippen LogP contribution in [0, 0.1) is 5.92 Å². The SMILES string of the molecule is COc1ccc(C(NC(=O)CNC(=O)[C@@H](N)C(C)C)c2nccn2C)cc1. The van der Waals surface area contributed by atoms with Gasteiger partial charge in [0.2, 0.25) is 11.8 Å². The van der Waals surface area contributed by atoms with Crippen molar-refractivity contribution in [2.45, 2.75) is 25.9 Å². The fraction of sp³-hybridized carbons (Fsp3) is 0.421. The van der Waals surface area contributed by atoms with Crippen LogP contribution in [0.3, 0.4) is 0 Å².